The summed E-state index contributed by atoms with van der Waals surface area (Å²) in [5, 5.41) is 63.7. The molecule has 8 nitrogen and oxygen atoms in total. The van der Waals surface area contributed by atoms with Crippen molar-refractivity contribution in [2.45, 2.75) is 162 Å². The van der Waals surface area contributed by atoms with Crippen LogP contribution in [0, 0.1) is 51.2 Å². The molecule has 5 aliphatic rings. The number of aliphatic hydroxyl groups excluding tert-OH is 5. The molecule has 3 unspecified atom stereocenters. The topological polar surface area (TPSA) is 140 Å². The van der Waals surface area contributed by atoms with Gasteiger partial charge in [0.2, 0.25) is 0 Å². The quantitative estimate of drug-likeness (QED) is 0.213. The van der Waals surface area contributed by atoms with Crippen LogP contribution >= 0.6 is 0 Å². The molecule has 0 bridgehead atoms. The van der Waals surface area contributed by atoms with Crippen molar-refractivity contribution in [1.82, 2.24) is 0 Å². The number of fused-ring (bicyclic) bond motifs is 5. The van der Waals surface area contributed by atoms with Gasteiger partial charge in [0.25, 0.3) is 0 Å². The first-order valence-corrected chi connectivity index (χ1v) is 17.8. The molecule has 1 heterocycles. The Morgan fingerprint density at radius 2 is 1.60 bits per heavy atom. The van der Waals surface area contributed by atoms with E-state index in [9.17, 15) is 30.6 Å². The van der Waals surface area contributed by atoms with E-state index in [1.54, 1.807) is 0 Å². The highest BCUT2D eigenvalue weighted by molar-refractivity contribution is 5.31. The number of hydrogen-bond donors (Lipinski definition) is 6. The van der Waals surface area contributed by atoms with Crippen molar-refractivity contribution in [2.24, 2.45) is 51.2 Å². The van der Waals surface area contributed by atoms with Crippen LogP contribution in [-0.4, -0.2) is 85.8 Å². The van der Waals surface area contributed by atoms with E-state index in [4.69, 9.17) is 9.47 Å². The summed E-state index contributed by atoms with van der Waals surface area (Å²) in [5.74, 6) is 1.88. The summed E-state index contributed by atoms with van der Waals surface area (Å²) < 4.78 is 12.1. The SMILES string of the molecule is C[C@H](CC[C@@H](C)C(C)(C)O)C1CC[C@@]2(C)C3CC=C4C(CC[C@H](O[C@@H]5O[C@H](CO)[C@@H](O)[C@H](O)[C@H]5O)C4(C)C)[C@]3(C)[C@H](O)C[C@]12C. The fraction of sp³-hybridized carbons (Fsp3) is 0.946. The van der Waals surface area contributed by atoms with E-state index in [2.05, 4.69) is 54.5 Å². The Balaban J connectivity index is 1.37. The van der Waals surface area contributed by atoms with Gasteiger partial charge in [-0.15, -0.1) is 0 Å². The molecular weight excluding hydrogens is 572 g/mol. The molecule has 0 amide bonds. The van der Waals surface area contributed by atoms with Gasteiger partial charge in [0.15, 0.2) is 6.29 Å². The minimum atomic E-state index is -1.47. The Bertz CT molecular complexity index is 1100. The van der Waals surface area contributed by atoms with Crippen molar-refractivity contribution >= 4 is 0 Å². The predicted molar refractivity (Wildman–Crippen MR) is 173 cm³/mol. The van der Waals surface area contributed by atoms with Crippen LogP contribution in [-0.2, 0) is 9.47 Å². The minimum Gasteiger partial charge on any atom is -0.394 e. The van der Waals surface area contributed by atoms with Gasteiger partial charge >= 0.3 is 0 Å². The third-order valence-electron chi connectivity index (χ3n) is 15.0. The molecule has 0 aromatic heterocycles. The molecule has 6 N–H and O–H groups in total. The second kappa shape index (κ2) is 12.1. The van der Waals surface area contributed by atoms with Crippen LogP contribution in [0.3, 0.4) is 0 Å². The molecule has 3 saturated carbocycles. The second-order valence-electron chi connectivity index (χ2n) is 17.8. The van der Waals surface area contributed by atoms with Gasteiger partial charge in [-0.2, -0.15) is 0 Å². The van der Waals surface area contributed by atoms with E-state index in [1.165, 1.54) is 18.4 Å². The van der Waals surface area contributed by atoms with E-state index in [-0.39, 0.29) is 34.2 Å². The Hall–Kier alpha value is -0.580. The number of rotatable bonds is 8. The molecule has 0 spiro atoms. The fourth-order valence-electron chi connectivity index (χ4n) is 11.3. The van der Waals surface area contributed by atoms with E-state index < -0.39 is 54.4 Å². The highest BCUT2D eigenvalue weighted by Crippen LogP contribution is 2.75. The molecule has 260 valence electrons. The molecule has 1 aliphatic heterocycles. The zero-order chi connectivity index (χ0) is 33.5. The lowest BCUT2D eigenvalue weighted by Gasteiger charge is -2.67. The summed E-state index contributed by atoms with van der Waals surface area (Å²) in [7, 11) is 0. The molecule has 8 heteroatoms. The molecule has 0 radical (unpaired) electrons. The standard InChI is InChI=1S/C37H64O8/c1-20(10-11-21(2)34(5,6)43)22-16-17-35(7)26-14-12-23-24(37(26,9)27(39)18-36(22,35)8)13-15-28(33(23,3)4)45-32-31(42)30(41)29(40)25(19-38)44-32/h12,20-22,24-32,38-43H,10-11,13-19H2,1-9H3/t20-,21-,22?,24?,25-,26?,27-,28+,29-,30+,31-,32+,35+,36-,37+/m1/s1. The van der Waals surface area contributed by atoms with Crippen molar-refractivity contribution in [3.8, 4) is 0 Å². The highest BCUT2D eigenvalue weighted by Gasteiger charge is 2.70. The first kappa shape index (κ1) is 35.7. The minimum absolute atomic E-state index is 0.0399. The molecule has 4 fully saturated rings. The summed E-state index contributed by atoms with van der Waals surface area (Å²) in [6, 6.07) is 0. The first-order valence-electron chi connectivity index (χ1n) is 17.8. The maximum Gasteiger partial charge on any atom is 0.187 e. The average Bonchev–Trinajstić information content (AvgIpc) is 3.23. The zero-order valence-corrected chi connectivity index (χ0v) is 29.4. The zero-order valence-electron chi connectivity index (χ0n) is 29.4. The summed E-state index contributed by atoms with van der Waals surface area (Å²) >= 11 is 0. The lowest BCUT2D eigenvalue weighted by molar-refractivity contribution is -0.320. The van der Waals surface area contributed by atoms with Crippen molar-refractivity contribution in [3.05, 3.63) is 11.6 Å². The smallest absolute Gasteiger partial charge is 0.187 e. The fourth-order valence-corrected chi connectivity index (χ4v) is 11.3. The van der Waals surface area contributed by atoms with E-state index in [1.807, 2.05) is 13.8 Å². The third-order valence-corrected chi connectivity index (χ3v) is 15.0. The van der Waals surface area contributed by atoms with Crippen molar-refractivity contribution in [1.29, 1.82) is 0 Å². The van der Waals surface area contributed by atoms with Crippen LogP contribution in [0.2, 0.25) is 0 Å². The van der Waals surface area contributed by atoms with Crippen molar-refractivity contribution < 1.29 is 40.1 Å². The summed E-state index contributed by atoms with van der Waals surface area (Å²) in [4.78, 5) is 0. The lowest BCUT2D eigenvalue weighted by Crippen LogP contribution is -2.65. The highest BCUT2D eigenvalue weighted by atomic mass is 16.7. The summed E-state index contributed by atoms with van der Waals surface area (Å²) in [5.41, 5.74) is 0.112. The van der Waals surface area contributed by atoms with E-state index >= 15 is 0 Å². The van der Waals surface area contributed by atoms with Gasteiger partial charge in [-0.1, -0.05) is 66.5 Å². The number of aliphatic hydroxyl groups is 6. The molecule has 1 saturated heterocycles. The van der Waals surface area contributed by atoms with Crippen molar-refractivity contribution in [3.63, 3.8) is 0 Å². The normalized spacial score (nSPS) is 49.4. The molecule has 5 rings (SSSR count). The largest absolute Gasteiger partial charge is 0.394 e. The van der Waals surface area contributed by atoms with Crippen LogP contribution in [0.1, 0.15) is 114 Å². The number of allylic oxidation sites excluding steroid dienone is 1. The monoisotopic (exact) mass is 636 g/mol. The Kier molecular flexibility index (Phi) is 9.59. The lowest BCUT2D eigenvalue weighted by atomic mass is 9.38. The van der Waals surface area contributed by atoms with E-state index in [0.29, 0.717) is 24.2 Å². The predicted octanol–water partition coefficient (Wildman–Crippen LogP) is 4.57. The Morgan fingerprint density at radius 1 is 0.933 bits per heavy atom. The van der Waals surface area contributed by atoms with Gasteiger partial charge in [-0.05, 0) is 99.2 Å². The van der Waals surface area contributed by atoms with E-state index in [0.717, 1.165) is 32.1 Å². The average molecular weight is 637 g/mol. The number of ether oxygens (including phenoxy) is 2. The molecular formula is C37H64O8. The van der Waals surface area contributed by atoms with Crippen LogP contribution < -0.4 is 0 Å². The van der Waals surface area contributed by atoms with Gasteiger partial charge in [0.1, 0.15) is 24.4 Å². The third kappa shape index (κ3) is 5.50. The van der Waals surface area contributed by atoms with Crippen LogP contribution in [0.5, 0.6) is 0 Å². The second-order valence-corrected chi connectivity index (χ2v) is 17.8. The molecule has 0 aromatic rings. The van der Waals surface area contributed by atoms with Gasteiger partial charge < -0.3 is 40.1 Å². The van der Waals surface area contributed by atoms with Crippen LogP contribution in [0.25, 0.3) is 0 Å². The van der Waals surface area contributed by atoms with Crippen molar-refractivity contribution in [2.75, 3.05) is 6.61 Å². The number of hydrogen-bond acceptors (Lipinski definition) is 8. The van der Waals surface area contributed by atoms with Gasteiger partial charge in [-0.25, -0.2) is 0 Å². The summed E-state index contributed by atoms with van der Waals surface area (Å²) in [6.07, 6.45) is 3.00. The Morgan fingerprint density at radius 3 is 2.22 bits per heavy atom. The van der Waals surface area contributed by atoms with Gasteiger partial charge in [0, 0.05) is 10.8 Å². The van der Waals surface area contributed by atoms with Gasteiger partial charge in [0.05, 0.1) is 24.4 Å². The first-order chi connectivity index (χ1) is 20.7. The maximum absolute atomic E-state index is 12.3. The summed E-state index contributed by atoms with van der Waals surface area (Å²) in [6.45, 7) is 19.6. The van der Waals surface area contributed by atoms with Gasteiger partial charge in [-0.3, -0.25) is 0 Å². The molecule has 45 heavy (non-hydrogen) atoms. The van der Waals surface area contributed by atoms with Crippen LogP contribution in [0.4, 0.5) is 0 Å². The van der Waals surface area contributed by atoms with Crippen LogP contribution in [0.15, 0.2) is 11.6 Å². The Labute approximate surface area is 271 Å². The molecule has 4 aliphatic carbocycles. The maximum atomic E-state index is 12.3. The molecule has 15 atom stereocenters. The molecule has 0 aromatic carbocycles.